The minimum absolute atomic E-state index is 0.0122. The van der Waals surface area contributed by atoms with Gasteiger partial charge in [0.05, 0.1) is 5.75 Å². The Balaban J connectivity index is 1.67. The van der Waals surface area contributed by atoms with Crippen LogP contribution in [0.2, 0.25) is 0 Å². The van der Waals surface area contributed by atoms with E-state index in [-0.39, 0.29) is 23.4 Å². The van der Waals surface area contributed by atoms with E-state index in [9.17, 15) is 13.2 Å². The fourth-order valence-corrected chi connectivity index (χ4v) is 3.34. The molecule has 0 saturated heterocycles. The number of carbonyl (C=O) groups excluding carboxylic acids is 1. The predicted molar refractivity (Wildman–Crippen MR) is 104 cm³/mol. The van der Waals surface area contributed by atoms with Crippen LogP contribution in [0, 0.1) is 5.92 Å². The van der Waals surface area contributed by atoms with E-state index < -0.39 is 10.0 Å². The Morgan fingerprint density at radius 2 is 2.07 bits per heavy atom. The van der Waals surface area contributed by atoms with Crippen LogP contribution in [-0.2, 0) is 14.8 Å². The summed E-state index contributed by atoms with van der Waals surface area (Å²) < 4.78 is 25.8. The number of pyridine rings is 2. The highest BCUT2D eigenvalue weighted by Crippen LogP contribution is 2.32. The Labute approximate surface area is 156 Å². The van der Waals surface area contributed by atoms with Crippen LogP contribution >= 0.6 is 0 Å². The summed E-state index contributed by atoms with van der Waals surface area (Å²) in [6.45, 7) is 1.56. The van der Waals surface area contributed by atoms with Crippen molar-refractivity contribution in [1.82, 2.24) is 15.0 Å². The van der Waals surface area contributed by atoms with Crippen molar-refractivity contribution in [3.8, 4) is 11.1 Å². The second-order valence-electron chi connectivity index (χ2n) is 6.50. The first-order valence-electron chi connectivity index (χ1n) is 8.71. The number of H-pyrrole nitrogens is 1. The standard InChI is InChI=1S/C18H19N5O3S/c1-2-27(25,26)23-15-6-5-12(10-20-15)14-9-16(22-18(24)11-3-4-11)21-17-13(14)7-8-19-17/h5-11H,2-4H2,1H3,(H,20,23)(H2,19,21,22,24). The highest BCUT2D eigenvalue weighted by Gasteiger charge is 2.30. The molecule has 1 aliphatic rings. The number of anilines is 2. The number of aromatic amines is 1. The van der Waals surface area contributed by atoms with Gasteiger partial charge in [0.2, 0.25) is 15.9 Å². The zero-order valence-corrected chi connectivity index (χ0v) is 15.5. The molecule has 0 aromatic carbocycles. The third-order valence-electron chi connectivity index (χ3n) is 4.44. The van der Waals surface area contributed by atoms with Crippen LogP contribution in [0.3, 0.4) is 0 Å². The Bertz CT molecular complexity index is 1100. The van der Waals surface area contributed by atoms with Gasteiger partial charge in [0.15, 0.2) is 0 Å². The van der Waals surface area contributed by atoms with Crippen molar-refractivity contribution in [3.63, 3.8) is 0 Å². The molecular formula is C18H19N5O3S. The molecule has 140 valence electrons. The summed E-state index contributed by atoms with van der Waals surface area (Å²) in [6.07, 6.45) is 5.22. The van der Waals surface area contributed by atoms with Crippen molar-refractivity contribution in [3.05, 3.63) is 36.7 Å². The van der Waals surface area contributed by atoms with Crippen molar-refractivity contribution in [2.45, 2.75) is 19.8 Å². The van der Waals surface area contributed by atoms with Crippen molar-refractivity contribution in [2.75, 3.05) is 15.8 Å². The van der Waals surface area contributed by atoms with Crippen molar-refractivity contribution >= 4 is 38.6 Å². The Morgan fingerprint density at radius 3 is 2.74 bits per heavy atom. The zero-order chi connectivity index (χ0) is 19.0. The highest BCUT2D eigenvalue weighted by molar-refractivity contribution is 7.92. The van der Waals surface area contributed by atoms with E-state index >= 15 is 0 Å². The van der Waals surface area contributed by atoms with E-state index in [0.717, 1.165) is 29.4 Å². The van der Waals surface area contributed by atoms with E-state index in [1.165, 1.54) is 0 Å². The first kappa shape index (κ1) is 17.5. The molecule has 27 heavy (non-hydrogen) atoms. The van der Waals surface area contributed by atoms with Crippen LogP contribution < -0.4 is 10.0 Å². The van der Waals surface area contributed by atoms with E-state index in [2.05, 4.69) is 25.0 Å². The number of carbonyl (C=O) groups is 1. The van der Waals surface area contributed by atoms with Gasteiger partial charge in [-0.05, 0) is 49.6 Å². The van der Waals surface area contributed by atoms with Crippen molar-refractivity contribution in [2.24, 2.45) is 5.92 Å². The predicted octanol–water partition coefficient (Wildman–Crippen LogP) is 2.74. The molecule has 1 saturated carbocycles. The Kier molecular flexibility index (Phi) is 4.31. The first-order valence-corrected chi connectivity index (χ1v) is 10.4. The summed E-state index contributed by atoms with van der Waals surface area (Å²) in [5.41, 5.74) is 2.31. The molecule has 3 heterocycles. The van der Waals surface area contributed by atoms with Gasteiger partial charge in [-0.3, -0.25) is 9.52 Å². The van der Waals surface area contributed by atoms with E-state index in [1.807, 2.05) is 12.1 Å². The van der Waals surface area contributed by atoms with Crippen LogP contribution in [0.4, 0.5) is 11.6 Å². The monoisotopic (exact) mass is 385 g/mol. The van der Waals surface area contributed by atoms with Crippen LogP contribution in [0.25, 0.3) is 22.2 Å². The van der Waals surface area contributed by atoms with E-state index in [1.54, 1.807) is 31.5 Å². The maximum atomic E-state index is 12.1. The van der Waals surface area contributed by atoms with Crippen LogP contribution in [0.5, 0.6) is 0 Å². The van der Waals surface area contributed by atoms with Crippen LogP contribution in [0.1, 0.15) is 19.8 Å². The second kappa shape index (κ2) is 6.66. The number of hydrogen-bond donors (Lipinski definition) is 3. The molecule has 0 unspecified atom stereocenters. The third-order valence-corrected chi connectivity index (χ3v) is 5.72. The number of rotatable bonds is 6. The fourth-order valence-electron chi connectivity index (χ4n) is 2.76. The molecule has 1 aliphatic carbocycles. The molecule has 0 atom stereocenters. The molecule has 0 spiro atoms. The highest BCUT2D eigenvalue weighted by atomic mass is 32.2. The molecule has 9 heteroatoms. The molecule has 0 aliphatic heterocycles. The molecule has 1 fully saturated rings. The topological polar surface area (TPSA) is 117 Å². The van der Waals surface area contributed by atoms with Gasteiger partial charge in [0, 0.05) is 29.3 Å². The van der Waals surface area contributed by atoms with Gasteiger partial charge in [-0.2, -0.15) is 0 Å². The Morgan fingerprint density at radius 1 is 1.26 bits per heavy atom. The minimum atomic E-state index is -3.37. The number of nitrogens with zero attached hydrogens (tertiary/aromatic N) is 2. The van der Waals surface area contributed by atoms with Crippen LogP contribution in [-0.4, -0.2) is 35.0 Å². The first-order chi connectivity index (χ1) is 12.9. The third kappa shape index (κ3) is 3.77. The number of hydrogen-bond acceptors (Lipinski definition) is 5. The van der Waals surface area contributed by atoms with Gasteiger partial charge in [0.25, 0.3) is 0 Å². The molecule has 0 bridgehead atoms. The number of fused-ring (bicyclic) bond motifs is 1. The largest absolute Gasteiger partial charge is 0.346 e. The summed E-state index contributed by atoms with van der Waals surface area (Å²) in [6, 6.07) is 7.11. The molecule has 0 radical (unpaired) electrons. The average Bonchev–Trinajstić information content (AvgIpc) is 3.40. The van der Waals surface area contributed by atoms with Gasteiger partial charge in [0.1, 0.15) is 17.3 Å². The zero-order valence-electron chi connectivity index (χ0n) is 14.7. The van der Waals surface area contributed by atoms with Gasteiger partial charge < -0.3 is 10.3 Å². The summed E-state index contributed by atoms with van der Waals surface area (Å²) in [7, 11) is -3.37. The number of sulfonamides is 1. The van der Waals surface area contributed by atoms with E-state index in [0.29, 0.717) is 11.5 Å². The summed E-state index contributed by atoms with van der Waals surface area (Å²) in [5, 5.41) is 3.76. The normalized spacial score (nSPS) is 14.3. The lowest BCUT2D eigenvalue weighted by Crippen LogP contribution is -2.15. The molecule has 3 N–H and O–H groups in total. The molecule has 8 nitrogen and oxygen atoms in total. The minimum Gasteiger partial charge on any atom is -0.346 e. The summed E-state index contributed by atoms with van der Waals surface area (Å²) in [4.78, 5) is 23.8. The lowest BCUT2D eigenvalue weighted by molar-refractivity contribution is -0.117. The van der Waals surface area contributed by atoms with Crippen LogP contribution in [0.15, 0.2) is 36.7 Å². The smallest absolute Gasteiger partial charge is 0.233 e. The summed E-state index contributed by atoms with van der Waals surface area (Å²) in [5.74, 6) is 0.799. The maximum absolute atomic E-state index is 12.1. The molecular weight excluding hydrogens is 366 g/mol. The lowest BCUT2D eigenvalue weighted by Gasteiger charge is -2.10. The maximum Gasteiger partial charge on any atom is 0.233 e. The second-order valence-corrected chi connectivity index (χ2v) is 8.51. The quantitative estimate of drug-likeness (QED) is 0.603. The van der Waals surface area contributed by atoms with Crippen molar-refractivity contribution in [1.29, 1.82) is 0 Å². The van der Waals surface area contributed by atoms with Crippen molar-refractivity contribution < 1.29 is 13.2 Å². The van der Waals surface area contributed by atoms with Gasteiger partial charge >= 0.3 is 0 Å². The number of amides is 1. The van der Waals surface area contributed by atoms with E-state index in [4.69, 9.17) is 0 Å². The fraction of sp³-hybridized carbons (Fsp3) is 0.278. The summed E-state index contributed by atoms with van der Waals surface area (Å²) >= 11 is 0. The average molecular weight is 385 g/mol. The molecule has 1 amide bonds. The number of nitrogens with one attached hydrogen (secondary N) is 3. The number of aromatic nitrogens is 3. The Hall–Kier alpha value is -2.94. The molecule has 3 aromatic heterocycles. The van der Waals surface area contributed by atoms with Gasteiger partial charge in [-0.15, -0.1) is 0 Å². The van der Waals surface area contributed by atoms with Gasteiger partial charge in [-0.1, -0.05) is 0 Å². The molecule has 4 rings (SSSR count). The molecule has 3 aromatic rings. The SMILES string of the molecule is CCS(=O)(=O)Nc1ccc(-c2cc(NC(=O)C3CC3)nc3[nH]ccc23)cn1. The van der Waals surface area contributed by atoms with Gasteiger partial charge in [-0.25, -0.2) is 18.4 Å². The lowest BCUT2D eigenvalue weighted by atomic mass is 10.1.